The Labute approximate surface area is 132 Å². The van der Waals surface area contributed by atoms with Crippen LogP contribution in [0.5, 0.6) is 0 Å². The van der Waals surface area contributed by atoms with Gasteiger partial charge in [0.05, 0.1) is 11.7 Å². The topological polar surface area (TPSA) is 24.9 Å². The number of benzene rings is 1. The van der Waals surface area contributed by atoms with Crippen molar-refractivity contribution < 1.29 is 0 Å². The molecule has 4 heteroatoms. The molecule has 2 aromatic rings. The van der Waals surface area contributed by atoms with Gasteiger partial charge >= 0.3 is 0 Å². The zero-order valence-electron chi connectivity index (χ0n) is 12.1. The van der Waals surface area contributed by atoms with Gasteiger partial charge in [-0.05, 0) is 63.4 Å². The second kappa shape index (κ2) is 5.58. The Morgan fingerprint density at radius 3 is 2.65 bits per heavy atom. The predicted molar refractivity (Wildman–Crippen MR) is 89.5 cm³/mol. The molecule has 0 bridgehead atoms. The third kappa shape index (κ3) is 2.45. The van der Waals surface area contributed by atoms with Crippen molar-refractivity contribution in [2.75, 3.05) is 7.05 Å². The van der Waals surface area contributed by atoms with E-state index in [2.05, 4.69) is 47.2 Å². The van der Waals surface area contributed by atoms with Gasteiger partial charge in [-0.25, -0.2) is 4.98 Å². The van der Waals surface area contributed by atoms with E-state index in [1.54, 1.807) is 0 Å². The molecule has 0 saturated carbocycles. The zero-order chi connectivity index (χ0) is 14.3. The summed E-state index contributed by atoms with van der Waals surface area (Å²) in [6, 6.07) is 4.90. The third-order valence-electron chi connectivity index (χ3n) is 3.99. The summed E-state index contributed by atoms with van der Waals surface area (Å²) in [5.41, 5.74) is 5.08. The van der Waals surface area contributed by atoms with Crippen molar-refractivity contribution in [3.8, 4) is 10.6 Å². The first-order valence-electron chi connectivity index (χ1n) is 7.04. The van der Waals surface area contributed by atoms with E-state index in [-0.39, 0.29) is 0 Å². The van der Waals surface area contributed by atoms with Gasteiger partial charge in [0.1, 0.15) is 5.01 Å². The summed E-state index contributed by atoms with van der Waals surface area (Å²) < 4.78 is 1.20. The van der Waals surface area contributed by atoms with E-state index in [1.807, 2.05) is 18.4 Å². The van der Waals surface area contributed by atoms with Crippen LogP contribution in [0.1, 0.15) is 40.6 Å². The van der Waals surface area contributed by atoms with Gasteiger partial charge in [0.15, 0.2) is 0 Å². The second-order valence-electron chi connectivity index (χ2n) is 5.48. The molecule has 1 aromatic heterocycles. The van der Waals surface area contributed by atoms with Crippen molar-refractivity contribution in [1.82, 2.24) is 10.3 Å². The zero-order valence-corrected chi connectivity index (χ0v) is 14.5. The van der Waals surface area contributed by atoms with Crippen molar-refractivity contribution in [3.63, 3.8) is 0 Å². The van der Waals surface area contributed by atoms with Crippen LogP contribution in [-0.4, -0.2) is 12.0 Å². The normalized spacial score (nSPS) is 18.1. The van der Waals surface area contributed by atoms with Crippen LogP contribution >= 0.6 is 27.3 Å². The Balaban J connectivity index is 2.06. The van der Waals surface area contributed by atoms with Crippen molar-refractivity contribution in [1.29, 1.82) is 0 Å². The molecule has 1 N–H and O–H groups in total. The van der Waals surface area contributed by atoms with Gasteiger partial charge in [-0.2, -0.15) is 0 Å². The molecule has 3 rings (SSSR count). The van der Waals surface area contributed by atoms with Crippen molar-refractivity contribution in [2.24, 2.45) is 0 Å². The molecule has 0 spiro atoms. The van der Waals surface area contributed by atoms with Crippen LogP contribution < -0.4 is 5.32 Å². The molecule has 0 aliphatic heterocycles. The third-order valence-corrected chi connectivity index (χ3v) is 6.42. The number of fused-ring (bicyclic) bond motifs is 1. The smallest absolute Gasteiger partial charge is 0.123 e. The van der Waals surface area contributed by atoms with Crippen LogP contribution in [0.3, 0.4) is 0 Å². The van der Waals surface area contributed by atoms with Crippen LogP contribution in [-0.2, 0) is 6.42 Å². The van der Waals surface area contributed by atoms with Crippen molar-refractivity contribution in [3.05, 3.63) is 38.3 Å². The fourth-order valence-electron chi connectivity index (χ4n) is 2.89. The number of thiazole rings is 1. The number of rotatable bonds is 2. The molecule has 0 amide bonds. The first-order valence-corrected chi connectivity index (χ1v) is 8.65. The van der Waals surface area contributed by atoms with Crippen LogP contribution in [0.2, 0.25) is 0 Å². The standard InChI is InChI=1S/C16H19BrN2S/c1-9-7-11(8-10(2)14(9)17)16-19-15-12(18-3)5-4-6-13(15)20-16/h7-8,12,18H,4-6H2,1-3H3. The van der Waals surface area contributed by atoms with Gasteiger partial charge in [0, 0.05) is 14.9 Å². The quantitative estimate of drug-likeness (QED) is 0.842. The van der Waals surface area contributed by atoms with Crippen LogP contribution in [0.25, 0.3) is 10.6 Å². The fourth-order valence-corrected chi connectivity index (χ4v) is 4.27. The van der Waals surface area contributed by atoms with E-state index in [0.717, 1.165) is 5.01 Å². The minimum Gasteiger partial charge on any atom is -0.312 e. The summed E-state index contributed by atoms with van der Waals surface area (Å²) in [7, 11) is 2.03. The first kappa shape index (κ1) is 14.2. The van der Waals surface area contributed by atoms with Crippen LogP contribution in [0, 0.1) is 13.8 Å². The van der Waals surface area contributed by atoms with Gasteiger partial charge < -0.3 is 5.32 Å². The molecule has 1 aromatic carbocycles. The summed E-state index contributed by atoms with van der Waals surface area (Å²) >= 11 is 5.50. The van der Waals surface area contributed by atoms with Crippen LogP contribution in [0.4, 0.5) is 0 Å². The van der Waals surface area contributed by atoms with E-state index in [1.165, 1.54) is 51.0 Å². The maximum atomic E-state index is 4.93. The molecule has 1 aliphatic carbocycles. The average molecular weight is 351 g/mol. The SMILES string of the molecule is CNC1CCCc2sc(-c3cc(C)c(Br)c(C)c3)nc21. The summed E-state index contributed by atoms with van der Waals surface area (Å²) in [6.07, 6.45) is 3.64. The minimum atomic E-state index is 0.432. The Morgan fingerprint density at radius 1 is 1.30 bits per heavy atom. The summed E-state index contributed by atoms with van der Waals surface area (Å²) in [4.78, 5) is 6.39. The molecule has 1 heterocycles. The maximum absolute atomic E-state index is 4.93. The van der Waals surface area contributed by atoms with Crippen LogP contribution in [0.15, 0.2) is 16.6 Å². The lowest BCUT2D eigenvalue weighted by Crippen LogP contribution is -2.21. The number of aromatic nitrogens is 1. The monoisotopic (exact) mass is 350 g/mol. The van der Waals surface area contributed by atoms with E-state index >= 15 is 0 Å². The number of aryl methyl sites for hydroxylation is 3. The highest BCUT2D eigenvalue weighted by Crippen LogP contribution is 2.38. The number of hydrogen-bond donors (Lipinski definition) is 1. The van der Waals surface area contributed by atoms with E-state index in [0.29, 0.717) is 6.04 Å². The minimum absolute atomic E-state index is 0.432. The number of halogens is 1. The summed E-state index contributed by atoms with van der Waals surface area (Å²) in [5.74, 6) is 0. The molecular formula is C16H19BrN2S. The maximum Gasteiger partial charge on any atom is 0.123 e. The molecule has 0 fully saturated rings. The van der Waals surface area contributed by atoms with Gasteiger partial charge in [-0.1, -0.05) is 15.9 Å². The fraction of sp³-hybridized carbons (Fsp3) is 0.438. The Kier molecular flexibility index (Phi) is 3.98. The van der Waals surface area contributed by atoms with E-state index in [4.69, 9.17) is 4.98 Å². The van der Waals surface area contributed by atoms with Crippen molar-refractivity contribution in [2.45, 2.75) is 39.2 Å². The molecule has 1 unspecified atom stereocenters. The van der Waals surface area contributed by atoms with Gasteiger partial charge in [0.25, 0.3) is 0 Å². The number of nitrogens with zero attached hydrogens (tertiary/aromatic N) is 1. The molecule has 0 saturated heterocycles. The summed E-state index contributed by atoms with van der Waals surface area (Å²) in [6.45, 7) is 4.29. The number of hydrogen-bond acceptors (Lipinski definition) is 3. The lowest BCUT2D eigenvalue weighted by molar-refractivity contribution is 0.490. The molecule has 1 aliphatic rings. The second-order valence-corrected chi connectivity index (χ2v) is 7.36. The largest absolute Gasteiger partial charge is 0.312 e. The Hall–Kier alpha value is -0.710. The Morgan fingerprint density at radius 2 is 2.00 bits per heavy atom. The van der Waals surface area contributed by atoms with Crippen molar-refractivity contribution >= 4 is 27.3 Å². The van der Waals surface area contributed by atoms with Gasteiger partial charge in [-0.3, -0.25) is 0 Å². The lowest BCUT2D eigenvalue weighted by atomic mass is 9.98. The molecule has 20 heavy (non-hydrogen) atoms. The Bertz CT molecular complexity index is 625. The van der Waals surface area contributed by atoms with Gasteiger partial charge in [-0.15, -0.1) is 11.3 Å². The highest BCUT2D eigenvalue weighted by atomic mass is 79.9. The molecule has 106 valence electrons. The van der Waals surface area contributed by atoms with Gasteiger partial charge in [0.2, 0.25) is 0 Å². The molecule has 0 radical (unpaired) electrons. The first-order chi connectivity index (χ1) is 9.60. The highest BCUT2D eigenvalue weighted by molar-refractivity contribution is 9.10. The lowest BCUT2D eigenvalue weighted by Gasteiger charge is -2.19. The summed E-state index contributed by atoms with van der Waals surface area (Å²) in [5, 5.41) is 4.56. The average Bonchev–Trinajstić information content (AvgIpc) is 2.88. The highest BCUT2D eigenvalue weighted by Gasteiger charge is 2.24. The molecular weight excluding hydrogens is 332 g/mol. The molecule has 1 atom stereocenters. The number of nitrogens with one attached hydrogen (secondary N) is 1. The molecule has 2 nitrogen and oxygen atoms in total. The van der Waals surface area contributed by atoms with E-state index < -0.39 is 0 Å². The predicted octanol–water partition coefficient (Wildman–Crippen LogP) is 4.79. The van der Waals surface area contributed by atoms with E-state index in [9.17, 15) is 0 Å².